The number of para-hydroxylation sites is 1. The van der Waals surface area contributed by atoms with Gasteiger partial charge in [0, 0.05) is 35.2 Å². The monoisotopic (exact) mass is 408 g/mol. The molecule has 0 radical (unpaired) electrons. The summed E-state index contributed by atoms with van der Waals surface area (Å²) in [4.78, 5) is 12.3. The lowest BCUT2D eigenvalue weighted by Crippen LogP contribution is -2.25. The van der Waals surface area contributed by atoms with Crippen molar-refractivity contribution in [2.75, 3.05) is 6.61 Å². The van der Waals surface area contributed by atoms with E-state index >= 15 is 0 Å². The SMILES string of the molecule is CCOC(=O)/C(=C\C(O)c1cn(Cc2ccc(F)cc2)c2ccccc12)NC1CC1. The minimum atomic E-state index is -0.977. The van der Waals surface area contributed by atoms with E-state index in [1.807, 2.05) is 35.0 Å². The van der Waals surface area contributed by atoms with E-state index in [1.54, 1.807) is 19.1 Å². The number of rotatable bonds is 8. The van der Waals surface area contributed by atoms with E-state index in [0.29, 0.717) is 17.8 Å². The van der Waals surface area contributed by atoms with Crippen LogP contribution in [0.5, 0.6) is 0 Å². The van der Waals surface area contributed by atoms with Crippen molar-refractivity contribution in [1.29, 1.82) is 0 Å². The van der Waals surface area contributed by atoms with Crippen LogP contribution in [0.1, 0.15) is 37.0 Å². The van der Waals surface area contributed by atoms with E-state index in [0.717, 1.165) is 29.3 Å². The van der Waals surface area contributed by atoms with Crippen LogP contribution in [0.25, 0.3) is 10.9 Å². The maximum atomic E-state index is 13.2. The molecule has 1 heterocycles. The molecule has 5 nitrogen and oxygen atoms in total. The van der Waals surface area contributed by atoms with Gasteiger partial charge in [0.2, 0.25) is 0 Å². The molecule has 0 aliphatic heterocycles. The van der Waals surface area contributed by atoms with Crippen LogP contribution in [-0.4, -0.2) is 28.3 Å². The topological polar surface area (TPSA) is 63.5 Å². The molecular weight excluding hydrogens is 383 g/mol. The summed E-state index contributed by atoms with van der Waals surface area (Å²) in [5.41, 5.74) is 2.91. The van der Waals surface area contributed by atoms with Crippen LogP contribution in [0.15, 0.2) is 66.5 Å². The summed E-state index contributed by atoms with van der Waals surface area (Å²) >= 11 is 0. The second-order valence-electron chi connectivity index (χ2n) is 7.52. The molecule has 1 fully saturated rings. The summed E-state index contributed by atoms with van der Waals surface area (Å²) in [5, 5.41) is 15.0. The third-order valence-corrected chi connectivity index (χ3v) is 5.16. The lowest BCUT2D eigenvalue weighted by atomic mass is 10.1. The molecule has 0 bridgehead atoms. The number of benzene rings is 2. The number of ether oxygens (including phenoxy) is 1. The highest BCUT2D eigenvalue weighted by Gasteiger charge is 2.26. The Bertz CT molecular complexity index is 1070. The molecule has 1 atom stereocenters. The van der Waals surface area contributed by atoms with Crippen molar-refractivity contribution in [2.24, 2.45) is 0 Å². The van der Waals surface area contributed by atoms with Gasteiger partial charge in [-0.05, 0) is 49.6 Å². The van der Waals surface area contributed by atoms with Crippen LogP contribution >= 0.6 is 0 Å². The van der Waals surface area contributed by atoms with Crippen molar-refractivity contribution in [3.8, 4) is 0 Å². The van der Waals surface area contributed by atoms with Crippen LogP contribution in [0.4, 0.5) is 4.39 Å². The van der Waals surface area contributed by atoms with Crippen molar-refractivity contribution in [2.45, 2.75) is 38.5 Å². The number of fused-ring (bicyclic) bond motifs is 1. The summed E-state index contributed by atoms with van der Waals surface area (Å²) in [6.07, 6.45) is 4.44. The highest BCUT2D eigenvalue weighted by Crippen LogP contribution is 2.29. The first kappa shape index (κ1) is 20.2. The third-order valence-electron chi connectivity index (χ3n) is 5.16. The van der Waals surface area contributed by atoms with Crippen LogP contribution in [-0.2, 0) is 16.1 Å². The maximum absolute atomic E-state index is 13.2. The van der Waals surface area contributed by atoms with Crippen LogP contribution < -0.4 is 5.32 Å². The van der Waals surface area contributed by atoms with Crippen molar-refractivity contribution < 1.29 is 19.0 Å². The van der Waals surface area contributed by atoms with Crippen molar-refractivity contribution in [3.63, 3.8) is 0 Å². The van der Waals surface area contributed by atoms with Gasteiger partial charge in [-0.1, -0.05) is 30.3 Å². The minimum absolute atomic E-state index is 0.257. The summed E-state index contributed by atoms with van der Waals surface area (Å²) in [7, 11) is 0. The summed E-state index contributed by atoms with van der Waals surface area (Å²) in [5.74, 6) is -0.731. The first-order valence-electron chi connectivity index (χ1n) is 10.2. The van der Waals surface area contributed by atoms with E-state index < -0.39 is 12.1 Å². The van der Waals surface area contributed by atoms with Gasteiger partial charge in [-0.25, -0.2) is 9.18 Å². The smallest absolute Gasteiger partial charge is 0.354 e. The van der Waals surface area contributed by atoms with Gasteiger partial charge < -0.3 is 19.7 Å². The van der Waals surface area contributed by atoms with Crippen molar-refractivity contribution in [1.82, 2.24) is 9.88 Å². The fourth-order valence-corrected chi connectivity index (χ4v) is 3.51. The molecule has 6 heteroatoms. The number of carbonyl (C=O) groups is 1. The van der Waals surface area contributed by atoms with E-state index in [1.165, 1.54) is 18.2 Å². The second-order valence-corrected chi connectivity index (χ2v) is 7.52. The van der Waals surface area contributed by atoms with Crippen molar-refractivity contribution >= 4 is 16.9 Å². The number of halogens is 1. The van der Waals surface area contributed by atoms with Gasteiger partial charge in [-0.2, -0.15) is 0 Å². The van der Waals surface area contributed by atoms with Gasteiger partial charge in [-0.3, -0.25) is 0 Å². The molecule has 156 valence electrons. The highest BCUT2D eigenvalue weighted by atomic mass is 19.1. The molecule has 4 rings (SSSR count). The average molecular weight is 408 g/mol. The Hall–Kier alpha value is -3.12. The largest absolute Gasteiger partial charge is 0.461 e. The first-order chi connectivity index (χ1) is 14.5. The Morgan fingerprint density at radius 2 is 2.00 bits per heavy atom. The Balaban J connectivity index is 1.67. The summed E-state index contributed by atoms with van der Waals surface area (Å²) < 4.78 is 20.4. The molecule has 3 aromatic rings. The standard InChI is InChI=1S/C24H25FN2O3/c1-2-30-24(29)21(26-18-11-12-18)13-23(28)20-15-27(22-6-4-3-5-19(20)22)14-16-7-9-17(25)10-8-16/h3-10,13,15,18,23,26,28H,2,11-12,14H2,1H3/b21-13+. The molecule has 0 amide bonds. The molecule has 0 spiro atoms. The molecular formula is C24H25FN2O3. The summed E-state index contributed by atoms with van der Waals surface area (Å²) in [6, 6.07) is 14.4. The molecule has 1 aromatic heterocycles. The predicted molar refractivity (Wildman–Crippen MR) is 113 cm³/mol. The number of nitrogens with zero attached hydrogens (tertiary/aromatic N) is 1. The number of hydrogen-bond donors (Lipinski definition) is 2. The minimum Gasteiger partial charge on any atom is -0.461 e. The van der Waals surface area contributed by atoms with Crippen LogP contribution in [0, 0.1) is 5.82 Å². The normalized spacial score (nSPS) is 15.2. The van der Waals surface area contributed by atoms with E-state index in [9.17, 15) is 14.3 Å². The zero-order valence-corrected chi connectivity index (χ0v) is 16.8. The average Bonchev–Trinajstić information content (AvgIpc) is 3.49. The Morgan fingerprint density at radius 3 is 2.70 bits per heavy atom. The fourth-order valence-electron chi connectivity index (χ4n) is 3.51. The van der Waals surface area contributed by atoms with Gasteiger partial charge >= 0.3 is 5.97 Å². The highest BCUT2D eigenvalue weighted by molar-refractivity contribution is 5.89. The molecule has 1 unspecified atom stereocenters. The zero-order chi connectivity index (χ0) is 21.1. The predicted octanol–water partition coefficient (Wildman–Crippen LogP) is 4.06. The number of hydrogen-bond acceptors (Lipinski definition) is 4. The number of aromatic nitrogens is 1. The molecule has 2 N–H and O–H groups in total. The van der Waals surface area contributed by atoms with Gasteiger partial charge in [0.05, 0.1) is 6.61 Å². The molecule has 1 saturated carbocycles. The Morgan fingerprint density at radius 1 is 1.27 bits per heavy atom. The first-order valence-corrected chi connectivity index (χ1v) is 10.2. The number of carbonyl (C=O) groups excluding carboxylic acids is 1. The van der Waals surface area contributed by atoms with E-state index in [4.69, 9.17) is 4.74 Å². The van der Waals surface area contributed by atoms with Gasteiger partial charge in [0.25, 0.3) is 0 Å². The zero-order valence-electron chi connectivity index (χ0n) is 16.8. The Labute approximate surface area is 174 Å². The molecule has 30 heavy (non-hydrogen) atoms. The van der Waals surface area contributed by atoms with Gasteiger partial charge in [-0.15, -0.1) is 0 Å². The number of aliphatic hydroxyl groups excluding tert-OH is 1. The fraction of sp³-hybridized carbons (Fsp3) is 0.292. The summed E-state index contributed by atoms with van der Waals surface area (Å²) in [6.45, 7) is 2.57. The second kappa shape index (κ2) is 8.71. The quantitative estimate of drug-likeness (QED) is 0.436. The van der Waals surface area contributed by atoms with Crippen molar-refractivity contribution in [3.05, 3.63) is 83.4 Å². The molecule has 0 saturated heterocycles. The van der Waals surface area contributed by atoms with Crippen LogP contribution in [0.2, 0.25) is 0 Å². The lowest BCUT2D eigenvalue weighted by molar-refractivity contribution is -0.139. The van der Waals surface area contributed by atoms with Gasteiger partial charge in [0.15, 0.2) is 0 Å². The molecule has 2 aromatic carbocycles. The lowest BCUT2D eigenvalue weighted by Gasteiger charge is -2.12. The van der Waals surface area contributed by atoms with E-state index in [-0.39, 0.29) is 18.5 Å². The number of esters is 1. The molecule has 1 aliphatic rings. The maximum Gasteiger partial charge on any atom is 0.354 e. The van der Waals surface area contributed by atoms with Gasteiger partial charge in [0.1, 0.15) is 17.6 Å². The van der Waals surface area contributed by atoms with Crippen LogP contribution in [0.3, 0.4) is 0 Å². The van der Waals surface area contributed by atoms with E-state index in [2.05, 4.69) is 5.32 Å². The Kier molecular flexibility index (Phi) is 5.86. The molecule has 1 aliphatic carbocycles. The third kappa shape index (κ3) is 4.54. The number of nitrogens with one attached hydrogen (secondary N) is 1. The number of aliphatic hydroxyl groups is 1.